The lowest BCUT2D eigenvalue weighted by molar-refractivity contribution is 1.23. The van der Waals surface area contributed by atoms with Crippen LogP contribution in [0.5, 0.6) is 0 Å². The molecule has 0 bridgehead atoms. The molecule has 0 fully saturated rings. The lowest BCUT2D eigenvalue weighted by Crippen LogP contribution is -1.92. The Hall–Kier alpha value is -4.56. The fraction of sp³-hybridized carbons (Fsp3) is 0.0588. The van der Waals surface area contributed by atoms with E-state index < -0.39 is 0 Å². The molecule has 7 aromatic rings. The molecule has 7 rings (SSSR count). The number of benzene rings is 5. The second-order valence-corrected chi connectivity index (χ2v) is 9.60. The quantitative estimate of drug-likeness (QED) is 0.241. The highest BCUT2D eigenvalue weighted by molar-refractivity contribution is 6.09. The predicted octanol–water partition coefficient (Wildman–Crippen LogP) is 9.04. The van der Waals surface area contributed by atoms with Gasteiger partial charge in [-0.2, -0.15) is 0 Å². The predicted molar refractivity (Wildman–Crippen MR) is 152 cm³/mol. The molecule has 2 nitrogen and oxygen atoms in total. The Morgan fingerprint density at radius 1 is 0.417 bits per heavy atom. The molecule has 0 atom stereocenters. The highest BCUT2D eigenvalue weighted by Crippen LogP contribution is 2.34. The molecule has 0 saturated carbocycles. The van der Waals surface area contributed by atoms with Crippen molar-refractivity contribution in [3.8, 4) is 22.3 Å². The van der Waals surface area contributed by atoms with Crippen molar-refractivity contribution in [3.63, 3.8) is 0 Å². The third-order valence-electron chi connectivity index (χ3n) is 7.18. The van der Waals surface area contributed by atoms with Crippen LogP contribution >= 0.6 is 0 Å². The summed E-state index contributed by atoms with van der Waals surface area (Å²) in [7, 11) is 0. The highest BCUT2D eigenvalue weighted by Gasteiger charge is 2.11. The molecule has 0 aliphatic rings. The molecule has 0 amide bonds. The second-order valence-electron chi connectivity index (χ2n) is 9.60. The molecule has 0 N–H and O–H groups in total. The topological polar surface area (TPSA) is 25.8 Å². The van der Waals surface area contributed by atoms with E-state index in [-0.39, 0.29) is 0 Å². The first kappa shape index (κ1) is 20.8. The first-order valence-electron chi connectivity index (χ1n) is 12.3. The average Bonchev–Trinajstić information content (AvgIpc) is 2.92. The fourth-order valence-corrected chi connectivity index (χ4v) is 5.37. The number of nitrogens with zero attached hydrogens (tertiary/aromatic N) is 2. The van der Waals surface area contributed by atoms with E-state index in [4.69, 9.17) is 9.97 Å². The highest BCUT2D eigenvalue weighted by atomic mass is 14.8. The number of hydrogen-bond donors (Lipinski definition) is 0. The van der Waals surface area contributed by atoms with E-state index in [0.29, 0.717) is 0 Å². The Bertz CT molecular complexity index is 1950. The lowest BCUT2D eigenvalue weighted by Gasteiger charge is -2.12. The van der Waals surface area contributed by atoms with E-state index >= 15 is 0 Å². The van der Waals surface area contributed by atoms with Gasteiger partial charge in [0.25, 0.3) is 0 Å². The molecule has 0 radical (unpaired) electrons. The van der Waals surface area contributed by atoms with E-state index in [2.05, 4.69) is 116 Å². The maximum absolute atomic E-state index is 4.88. The molecule has 0 aliphatic carbocycles. The van der Waals surface area contributed by atoms with E-state index in [0.717, 1.165) is 33.2 Å². The summed E-state index contributed by atoms with van der Waals surface area (Å²) in [6, 6.07) is 39.4. The van der Waals surface area contributed by atoms with Crippen LogP contribution < -0.4 is 0 Å². The molecular formula is C34H24N2. The van der Waals surface area contributed by atoms with E-state index in [1.165, 1.54) is 43.8 Å². The van der Waals surface area contributed by atoms with Crippen molar-refractivity contribution in [2.75, 3.05) is 0 Å². The zero-order valence-electron chi connectivity index (χ0n) is 20.3. The average molecular weight is 461 g/mol. The van der Waals surface area contributed by atoms with Crippen molar-refractivity contribution in [1.29, 1.82) is 0 Å². The number of rotatable bonds is 2. The summed E-state index contributed by atoms with van der Waals surface area (Å²) in [4.78, 5) is 9.70. The number of aryl methyl sites for hydroxylation is 2. The molecular weight excluding hydrogens is 436 g/mol. The first-order valence-corrected chi connectivity index (χ1v) is 12.3. The molecule has 36 heavy (non-hydrogen) atoms. The molecule has 0 aliphatic heterocycles. The Balaban J connectivity index is 1.33. The Labute approximate surface area is 209 Å². The Kier molecular flexibility index (Phi) is 4.62. The standard InChI is InChI=1S/C34H24N2/c1-21-7-8-26-15-18-31-32(19-22(2)36-34(31)33(26)35-21)25-11-9-23(10-12-25)27-16-17-30-28(20-27)14-13-24-5-3-4-6-29(24)30/h3-20H,1-2H3. The molecule has 2 heterocycles. The number of pyridine rings is 2. The Morgan fingerprint density at radius 3 is 1.94 bits per heavy atom. The minimum Gasteiger partial charge on any atom is -0.251 e. The summed E-state index contributed by atoms with van der Waals surface area (Å²) in [6.07, 6.45) is 0. The lowest BCUT2D eigenvalue weighted by atomic mass is 9.95. The van der Waals surface area contributed by atoms with Crippen LogP contribution in [0.25, 0.3) is 65.6 Å². The van der Waals surface area contributed by atoms with Gasteiger partial charge in [0.1, 0.15) is 0 Å². The van der Waals surface area contributed by atoms with Gasteiger partial charge in [0.05, 0.1) is 11.0 Å². The van der Waals surface area contributed by atoms with Crippen molar-refractivity contribution in [2.45, 2.75) is 13.8 Å². The maximum Gasteiger partial charge on any atom is 0.0974 e. The van der Waals surface area contributed by atoms with Crippen LogP contribution in [-0.2, 0) is 0 Å². The van der Waals surface area contributed by atoms with Crippen LogP contribution in [0.1, 0.15) is 11.4 Å². The summed E-state index contributed by atoms with van der Waals surface area (Å²) in [5.74, 6) is 0. The monoisotopic (exact) mass is 460 g/mol. The third-order valence-corrected chi connectivity index (χ3v) is 7.18. The van der Waals surface area contributed by atoms with E-state index in [1.54, 1.807) is 0 Å². The smallest absolute Gasteiger partial charge is 0.0974 e. The van der Waals surface area contributed by atoms with Crippen LogP contribution in [0.4, 0.5) is 0 Å². The second kappa shape index (κ2) is 8.00. The number of aromatic nitrogens is 2. The number of fused-ring (bicyclic) bond motifs is 6. The summed E-state index contributed by atoms with van der Waals surface area (Å²) in [5.41, 5.74) is 8.77. The molecule has 2 aromatic heterocycles. The van der Waals surface area contributed by atoms with Crippen LogP contribution in [0.3, 0.4) is 0 Å². The maximum atomic E-state index is 4.88. The molecule has 170 valence electrons. The molecule has 0 saturated heterocycles. The fourth-order valence-electron chi connectivity index (χ4n) is 5.37. The third kappa shape index (κ3) is 3.34. The minimum atomic E-state index is 0.969. The van der Waals surface area contributed by atoms with E-state index in [1.807, 2.05) is 6.92 Å². The zero-order chi connectivity index (χ0) is 24.2. The van der Waals surface area contributed by atoms with Gasteiger partial charge in [0, 0.05) is 22.2 Å². The van der Waals surface area contributed by atoms with Gasteiger partial charge in [0.2, 0.25) is 0 Å². The van der Waals surface area contributed by atoms with Crippen LogP contribution in [0.15, 0.2) is 109 Å². The van der Waals surface area contributed by atoms with Gasteiger partial charge < -0.3 is 0 Å². The van der Waals surface area contributed by atoms with Crippen molar-refractivity contribution in [1.82, 2.24) is 9.97 Å². The molecule has 0 spiro atoms. The normalized spacial score (nSPS) is 11.6. The summed E-state index contributed by atoms with van der Waals surface area (Å²) in [5, 5.41) is 7.39. The van der Waals surface area contributed by atoms with Crippen LogP contribution in [0.2, 0.25) is 0 Å². The van der Waals surface area contributed by atoms with Crippen molar-refractivity contribution < 1.29 is 0 Å². The summed E-state index contributed by atoms with van der Waals surface area (Å²) in [6.45, 7) is 4.09. The molecule has 2 heteroatoms. The first-order chi connectivity index (χ1) is 17.6. The van der Waals surface area contributed by atoms with Gasteiger partial charge in [-0.15, -0.1) is 0 Å². The van der Waals surface area contributed by atoms with Crippen molar-refractivity contribution >= 4 is 43.4 Å². The van der Waals surface area contributed by atoms with Crippen molar-refractivity contribution in [2.24, 2.45) is 0 Å². The largest absolute Gasteiger partial charge is 0.251 e. The SMILES string of the molecule is Cc1ccc2ccc3c(-c4ccc(-c5ccc6c(ccc7ccccc76)c5)cc4)cc(C)nc3c2n1. The van der Waals surface area contributed by atoms with Gasteiger partial charge in [-0.05, 0) is 75.8 Å². The van der Waals surface area contributed by atoms with Gasteiger partial charge in [0.15, 0.2) is 0 Å². The summed E-state index contributed by atoms with van der Waals surface area (Å²) < 4.78 is 0. The minimum absolute atomic E-state index is 0.969. The van der Waals surface area contributed by atoms with Gasteiger partial charge in [-0.3, -0.25) is 9.97 Å². The number of hydrogen-bond acceptors (Lipinski definition) is 2. The van der Waals surface area contributed by atoms with Crippen LogP contribution in [0, 0.1) is 13.8 Å². The molecule has 5 aromatic carbocycles. The van der Waals surface area contributed by atoms with E-state index in [9.17, 15) is 0 Å². The van der Waals surface area contributed by atoms with Gasteiger partial charge in [-0.25, -0.2) is 0 Å². The van der Waals surface area contributed by atoms with Gasteiger partial charge >= 0.3 is 0 Å². The van der Waals surface area contributed by atoms with Gasteiger partial charge in [-0.1, -0.05) is 91.0 Å². The van der Waals surface area contributed by atoms with Crippen molar-refractivity contribution in [3.05, 3.63) is 121 Å². The summed E-state index contributed by atoms with van der Waals surface area (Å²) >= 11 is 0. The van der Waals surface area contributed by atoms with Crippen LogP contribution in [-0.4, -0.2) is 9.97 Å². The zero-order valence-corrected chi connectivity index (χ0v) is 20.3. The molecule has 0 unspecified atom stereocenters. The Morgan fingerprint density at radius 2 is 1.06 bits per heavy atom.